The van der Waals surface area contributed by atoms with Crippen molar-refractivity contribution in [3.63, 3.8) is 0 Å². The van der Waals surface area contributed by atoms with Crippen molar-refractivity contribution in [3.8, 4) is 0 Å². The molecule has 0 unspecified atom stereocenters. The summed E-state index contributed by atoms with van der Waals surface area (Å²) in [5.41, 5.74) is 0. The lowest BCUT2D eigenvalue weighted by Gasteiger charge is -2.14. The molecular formula is C11H16N2S. The molecule has 0 spiro atoms. The van der Waals surface area contributed by atoms with Crippen molar-refractivity contribution >= 4 is 17.6 Å². The maximum absolute atomic E-state index is 4.50. The molecule has 0 bridgehead atoms. The summed E-state index contributed by atoms with van der Waals surface area (Å²) < 4.78 is 0. The van der Waals surface area contributed by atoms with E-state index in [9.17, 15) is 0 Å². The summed E-state index contributed by atoms with van der Waals surface area (Å²) in [4.78, 5) is 1.24. The third-order valence-corrected chi connectivity index (χ3v) is 3.28. The Kier molecular flexibility index (Phi) is 3.57. The van der Waals surface area contributed by atoms with Crippen LogP contribution in [-0.2, 0) is 0 Å². The van der Waals surface area contributed by atoms with Crippen molar-refractivity contribution < 1.29 is 0 Å². The van der Waals surface area contributed by atoms with Crippen LogP contribution in [0.4, 0.5) is 0 Å². The third-order valence-electron chi connectivity index (χ3n) is 2.47. The van der Waals surface area contributed by atoms with Gasteiger partial charge in [-0.2, -0.15) is 5.10 Å². The highest BCUT2D eigenvalue weighted by molar-refractivity contribution is 7.11. The molecule has 0 saturated carbocycles. The lowest BCUT2D eigenvalue weighted by molar-refractivity contribution is 0.302. The lowest BCUT2D eigenvalue weighted by atomic mass is 10.2. The van der Waals surface area contributed by atoms with E-state index in [0.29, 0.717) is 0 Å². The van der Waals surface area contributed by atoms with Gasteiger partial charge in [-0.15, -0.1) is 11.3 Å². The molecule has 0 radical (unpaired) electrons. The normalized spacial score (nSPS) is 18.7. The summed E-state index contributed by atoms with van der Waals surface area (Å²) in [6, 6.07) is 4.17. The predicted octanol–water partition coefficient (Wildman–Crippen LogP) is 2.96. The van der Waals surface area contributed by atoms with Crippen molar-refractivity contribution in [2.75, 3.05) is 13.1 Å². The van der Waals surface area contributed by atoms with E-state index in [1.165, 1.54) is 30.6 Å². The van der Waals surface area contributed by atoms with E-state index >= 15 is 0 Å². The summed E-state index contributed by atoms with van der Waals surface area (Å²) in [6.07, 6.45) is 7.30. The standard InChI is InChI=1S/C11H16N2S/c1-2-4-8-13(7-3-1)12-10-11-6-5-9-14-11/h5-6,9-10H,1-4,7-8H2/b12-10+. The van der Waals surface area contributed by atoms with Gasteiger partial charge in [-0.25, -0.2) is 0 Å². The Bertz CT molecular complexity index is 271. The van der Waals surface area contributed by atoms with Crippen molar-refractivity contribution in [3.05, 3.63) is 22.4 Å². The van der Waals surface area contributed by atoms with Crippen LogP contribution in [0.25, 0.3) is 0 Å². The largest absolute Gasteiger partial charge is 0.297 e. The quantitative estimate of drug-likeness (QED) is 0.682. The van der Waals surface area contributed by atoms with E-state index in [0.717, 1.165) is 13.1 Å². The second-order valence-corrected chi connectivity index (χ2v) is 4.61. The van der Waals surface area contributed by atoms with Gasteiger partial charge in [-0.1, -0.05) is 18.9 Å². The molecule has 0 aliphatic carbocycles. The molecule has 1 aliphatic rings. The van der Waals surface area contributed by atoms with E-state index in [2.05, 4.69) is 27.6 Å². The smallest absolute Gasteiger partial charge is 0.0642 e. The minimum Gasteiger partial charge on any atom is -0.297 e. The molecular weight excluding hydrogens is 192 g/mol. The van der Waals surface area contributed by atoms with E-state index in [1.54, 1.807) is 11.3 Å². The van der Waals surface area contributed by atoms with Crippen LogP contribution in [0.1, 0.15) is 30.6 Å². The number of hydrazone groups is 1. The first-order valence-electron chi connectivity index (χ1n) is 5.27. The first-order valence-corrected chi connectivity index (χ1v) is 6.15. The molecule has 0 aromatic carbocycles. The zero-order valence-electron chi connectivity index (χ0n) is 8.35. The van der Waals surface area contributed by atoms with E-state index in [1.807, 2.05) is 6.21 Å². The number of nitrogens with zero attached hydrogens (tertiary/aromatic N) is 2. The van der Waals surface area contributed by atoms with E-state index in [4.69, 9.17) is 0 Å². The van der Waals surface area contributed by atoms with E-state index < -0.39 is 0 Å². The maximum Gasteiger partial charge on any atom is 0.0642 e. The van der Waals surface area contributed by atoms with Crippen LogP contribution in [0.5, 0.6) is 0 Å². The number of rotatable bonds is 2. The number of thiophene rings is 1. The fraction of sp³-hybridized carbons (Fsp3) is 0.545. The average Bonchev–Trinajstić information content (AvgIpc) is 2.58. The van der Waals surface area contributed by atoms with Gasteiger partial charge < -0.3 is 0 Å². The van der Waals surface area contributed by atoms with Crippen LogP contribution in [0.3, 0.4) is 0 Å². The molecule has 3 heteroatoms. The Labute approximate surface area is 89.2 Å². The molecule has 1 fully saturated rings. The van der Waals surface area contributed by atoms with Crippen molar-refractivity contribution in [1.82, 2.24) is 5.01 Å². The van der Waals surface area contributed by atoms with Gasteiger partial charge in [-0.3, -0.25) is 5.01 Å². The van der Waals surface area contributed by atoms with Crippen LogP contribution in [0.2, 0.25) is 0 Å². The molecule has 1 aliphatic heterocycles. The van der Waals surface area contributed by atoms with Gasteiger partial charge in [0.15, 0.2) is 0 Å². The summed E-state index contributed by atoms with van der Waals surface area (Å²) in [5, 5.41) is 8.79. The van der Waals surface area contributed by atoms with Crippen LogP contribution >= 0.6 is 11.3 Å². The highest BCUT2D eigenvalue weighted by Crippen LogP contribution is 2.10. The summed E-state index contributed by atoms with van der Waals surface area (Å²) in [5.74, 6) is 0. The minimum absolute atomic E-state index is 1.13. The second-order valence-electron chi connectivity index (χ2n) is 3.63. The molecule has 2 heterocycles. The summed E-state index contributed by atoms with van der Waals surface area (Å²) in [7, 11) is 0. The molecule has 0 amide bonds. The number of hydrogen-bond donors (Lipinski definition) is 0. The van der Waals surface area contributed by atoms with Crippen LogP contribution in [-0.4, -0.2) is 24.3 Å². The van der Waals surface area contributed by atoms with Crippen LogP contribution < -0.4 is 0 Å². The molecule has 1 saturated heterocycles. The zero-order valence-corrected chi connectivity index (χ0v) is 9.17. The highest BCUT2D eigenvalue weighted by atomic mass is 32.1. The molecule has 76 valence electrons. The predicted molar refractivity (Wildman–Crippen MR) is 62.0 cm³/mol. The van der Waals surface area contributed by atoms with Gasteiger partial charge in [0.1, 0.15) is 0 Å². The molecule has 2 rings (SSSR count). The zero-order chi connectivity index (χ0) is 9.64. The molecule has 2 nitrogen and oxygen atoms in total. The molecule has 0 atom stereocenters. The van der Waals surface area contributed by atoms with Crippen molar-refractivity contribution in [2.45, 2.75) is 25.7 Å². The van der Waals surface area contributed by atoms with Gasteiger partial charge in [-0.05, 0) is 24.3 Å². The Morgan fingerprint density at radius 2 is 2.00 bits per heavy atom. The monoisotopic (exact) mass is 208 g/mol. The Morgan fingerprint density at radius 3 is 2.64 bits per heavy atom. The fourth-order valence-corrected chi connectivity index (χ4v) is 2.25. The SMILES string of the molecule is C(=N\N1CCCCCC1)/c1cccs1. The number of hydrogen-bond acceptors (Lipinski definition) is 3. The van der Waals surface area contributed by atoms with Gasteiger partial charge in [0, 0.05) is 18.0 Å². The molecule has 0 N–H and O–H groups in total. The fourth-order valence-electron chi connectivity index (χ4n) is 1.67. The molecule has 1 aromatic heterocycles. The first kappa shape index (κ1) is 9.71. The average molecular weight is 208 g/mol. The van der Waals surface area contributed by atoms with Gasteiger partial charge >= 0.3 is 0 Å². The van der Waals surface area contributed by atoms with Crippen LogP contribution in [0.15, 0.2) is 22.6 Å². The van der Waals surface area contributed by atoms with Gasteiger partial charge in [0.05, 0.1) is 6.21 Å². The lowest BCUT2D eigenvalue weighted by Crippen LogP contribution is -2.18. The van der Waals surface area contributed by atoms with Crippen molar-refractivity contribution in [2.24, 2.45) is 5.10 Å². The van der Waals surface area contributed by atoms with Crippen LogP contribution in [0, 0.1) is 0 Å². The van der Waals surface area contributed by atoms with Gasteiger partial charge in [0.25, 0.3) is 0 Å². The van der Waals surface area contributed by atoms with E-state index in [-0.39, 0.29) is 0 Å². The Balaban J connectivity index is 1.89. The van der Waals surface area contributed by atoms with Crippen molar-refractivity contribution in [1.29, 1.82) is 0 Å². The minimum atomic E-state index is 1.13. The topological polar surface area (TPSA) is 15.6 Å². The highest BCUT2D eigenvalue weighted by Gasteiger charge is 2.04. The molecule has 1 aromatic rings. The molecule has 14 heavy (non-hydrogen) atoms. The van der Waals surface area contributed by atoms with Gasteiger partial charge in [0.2, 0.25) is 0 Å². The maximum atomic E-state index is 4.50. The Morgan fingerprint density at radius 1 is 1.21 bits per heavy atom. The second kappa shape index (κ2) is 5.15. The summed E-state index contributed by atoms with van der Waals surface area (Å²) >= 11 is 1.74. The Hall–Kier alpha value is -0.830. The summed E-state index contributed by atoms with van der Waals surface area (Å²) in [6.45, 7) is 2.25. The first-order chi connectivity index (χ1) is 6.95. The third kappa shape index (κ3) is 2.84.